The van der Waals surface area contributed by atoms with Gasteiger partial charge >= 0.3 is 12.0 Å². The van der Waals surface area contributed by atoms with Crippen LogP contribution in [0.2, 0.25) is 0 Å². The summed E-state index contributed by atoms with van der Waals surface area (Å²) in [5.74, 6) is -0.965. The molecular formula is C24H23N3O4S. The fourth-order valence-electron chi connectivity index (χ4n) is 3.70. The van der Waals surface area contributed by atoms with Gasteiger partial charge in [0.1, 0.15) is 0 Å². The molecule has 0 bridgehead atoms. The molecule has 0 radical (unpaired) electrons. The normalized spacial score (nSPS) is 13.6. The molecule has 7 nitrogen and oxygen atoms in total. The van der Waals surface area contributed by atoms with E-state index in [-0.39, 0.29) is 17.4 Å². The number of hydrogen-bond acceptors (Lipinski definition) is 5. The van der Waals surface area contributed by atoms with E-state index in [0.29, 0.717) is 48.2 Å². The number of hydrogen-bond donors (Lipinski definition) is 1. The summed E-state index contributed by atoms with van der Waals surface area (Å²) in [6.07, 6.45) is 1.06. The van der Waals surface area contributed by atoms with Gasteiger partial charge in [0.05, 0.1) is 16.1 Å². The van der Waals surface area contributed by atoms with Gasteiger partial charge < -0.3 is 10.0 Å². The molecule has 1 fully saturated rings. The largest absolute Gasteiger partial charge is 0.478 e. The van der Waals surface area contributed by atoms with E-state index in [2.05, 4.69) is 4.98 Å². The predicted molar refractivity (Wildman–Crippen MR) is 122 cm³/mol. The molecule has 0 saturated carbocycles. The number of amides is 2. The number of urea groups is 1. The molecule has 8 heteroatoms. The molecule has 1 N–H and O–H groups in total. The van der Waals surface area contributed by atoms with Crippen molar-refractivity contribution in [2.75, 3.05) is 18.0 Å². The topological polar surface area (TPSA) is 90.8 Å². The molecule has 0 aliphatic carbocycles. The third kappa shape index (κ3) is 4.70. The van der Waals surface area contributed by atoms with Crippen molar-refractivity contribution in [2.24, 2.45) is 0 Å². The maximum absolute atomic E-state index is 12.9. The minimum Gasteiger partial charge on any atom is -0.478 e. The van der Waals surface area contributed by atoms with Gasteiger partial charge in [-0.3, -0.25) is 9.69 Å². The summed E-state index contributed by atoms with van der Waals surface area (Å²) in [4.78, 5) is 45.2. The number of anilines is 1. The van der Waals surface area contributed by atoms with Crippen LogP contribution in [0, 0.1) is 6.92 Å². The Morgan fingerprint density at radius 1 is 1.06 bits per heavy atom. The molecule has 4 rings (SSSR count). The number of benzene rings is 2. The molecule has 0 atom stereocenters. The maximum atomic E-state index is 12.9. The van der Waals surface area contributed by atoms with Crippen molar-refractivity contribution in [3.63, 3.8) is 0 Å². The molecule has 0 spiro atoms. The van der Waals surface area contributed by atoms with Crippen molar-refractivity contribution >= 4 is 34.3 Å². The number of Topliss-reactive ketones (excluding diaryl/α,β-unsaturated/α-hetero) is 1. The molecule has 0 unspecified atom stereocenters. The molecule has 32 heavy (non-hydrogen) atoms. The zero-order valence-electron chi connectivity index (χ0n) is 17.7. The summed E-state index contributed by atoms with van der Waals surface area (Å²) in [6, 6.07) is 16.3. The van der Waals surface area contributed by atoms with Crippen LogP contribution in [0.25, 0.3) is 0 Å². The van der Waals surface area contributed by atoms with Crippen molar-refractivity contribution in [2.45, 2.75) is 26.3 Å². The first-order valence-corrected chi connectivity index (χ1v) is 11.2. The lowest BCUT2D eigenvalue weighted by molar-refractivity contribution is 0.0696. The van der Waals surface area contributed by atoms with E-state index in [0.717, 1.165) is 11.1 Å². The molecule has 2 heterocycles. The SMILES string of the molecule is Cc1nc(N2CCN(Cc3cccc(C(=O)O)c3)C2=O)sc1C(=O)CCc1ccccc1. The first kappa shape index (κ1) is 21.7. The van der Waals surface area contributed by atoms with Gasteiger partial charge in [-0.2, -0.15) is 0 Å². The summed E-state index contributed by atoms with van der Waals surface area (Å²) in [6.45, 7) is 3.10. The number of carboxylic acid groups (broad SMARTS) is 1. The van der Waals surface area contributed by atoms with Crippen LogP contribution in [-0.2, 0) is 13.0 Å². The van der Waals surface area contributed by atoms with E-state index in [1.54, 1.807) is 34.9 Å². The summed E-state index contributed by atoms with van der Waals surface area (Å²) >= 11 is 1.26. The molecule has 3 aromatic rings. The third-order valence-electron chi connectivity index (χ3n) is 5.40. The van der Waals surface area contributed by atoms with Crippen LogP contribution in [-0.4, -0.2) is 45.9 Å². The second-order valence-electron chi connectivity index (χ2n) is 7.68. The predicted octanol–water partition coefficient (Wildman–Crippen LogP) is 4.41. The second kappa shape index (κ2) is 9.32. The van der Waals surface area contributed by atoms with Gasteiger partial charge in [0.25, 0.3) is 0 Å². The number of carboxylic acids is 1. The van der Waals surface area contributed by atoms with Gasteiger partial charge in [0.2, 0.25) is 0 Å². The van der Waals surface area contributed by atoms with Crippen LogP contribution < -0.4 is 4.90 Å². The monoisotopic (exact) mass is 449 g/mol. The lowest BCUT2D eigenvalue weighted by atomic mass is 10.1. The highest BCUT2D eigenvalue weighted by atomic mass is 32.1. The van der Waals surface area contributed by atoms with E-state index in [1.165, 1.54) is 17.4 Å². The van der Waals surface area contributed by atoms with Gasteiger partial charge in [0.15, 0.2) is 10.9 Å². The van der Waals surface area contributed by atoms with Crippen LogP contribution in [0.4, 0.5) is 9.93 Å². The maximum Gasteiger partial charge on any atom is 0.335 e. The highest BCUT2D eigenvalue weighted by Crippen LogP contribution is 2.30. The Morgan fingerprint density at radius 2 is 1.81 bits per heavy atom. The Kier molecular flexibility index (Phi) is 6.32. The van der Waals surface area contributed by atoms with Gasteiger partial charge in [0, 0.05) is 26.1 Å². The Hall–Kier alpha value is -3.52. The van der Waals surface area contributed by atoms with Crippen LogP contribution in [0.1, 0.15) is 43.3 Å². The van der Waals surface area contributed by atoms with Gasteiger partial charge in [-0.25, -0.2) is 14.6 Å². The number of carbonyl (C=O) groups is 3. The second-order valence-corrected chi connectivity index (χ2v) is 8.66. The van der Waals surface area contributed by atoms with Gasteiger partial charge in [-0.15, -0.1) is 0 Å². The number of aryl methyl sites for hydroxylation is 2. The standard InChI is InChI=1S/C24H23N3O4S/c1-16-21(20(28)11-10-17-6-3-2-4-7-17)32-23(25-16)27-13-12-26(24(27)31)15-18-8-5-9-19(14-18)22(29)30/h2-9,14H,10-13,15H2,1H3,(H,29,30). The third-order valence-corrected chi connectivity index (χ3v) is 6.62. The molecular weight excluding hydrogens is 426 g/mol. The van der Waals surface area contributed by atoms with Crippen molar-refractivity contribution < 1.29 is 19.5 Å². The number of thiazole rings is 1. The van der Waals surface area contributed by atoms with E-state index in [9.17, 15) is 14.4 Å². The van der Waals surface area contributed by atoms with Gasteiger partial charge in [-0.1, -0.05) is 53.8 Å². The quantitative estimate of drug-likeness (QED) is 0.515. The van der Waals surface area contributed by atoms with E-state index in [1.807, 2.05) is 30.3 Å². The fourth-order valence-corrected chi connectivity index (χ4v) is 4.76. The minimum atomic E-state index is -0.996. The fraction of sp³-hybridized carbons (Fsp3) is 0.250. The number of rotatable bonds is 8. The minimum absolute atomic E-state index is 0.0316. The molecule has 1 aromatic heterocycles. The Balaban J connectivity index is 1.42. The molecule has 1 aliphatic rings. The Labute approximate surface area is 189 Å². The van der Waals surface area contributed by atoms with Crippen LogP contribution in [0.3, 0.4) is 0 Å². The average Bonchev–Trinajstić information content (AvgIpc) is 3.35. The lowest BCUT2D eigenvalue weighted by Crippen LogP contribution is -2.31. The number of ketones is 1. The summed E-state index contributed by atoms with van der Waals surface area (Å²) in [5, 5.41) is 9.69. The number of carbonyl (C=O) groups excluding carboxylic acids is 2. The van der Waals surface area contributed by atoms with E-state index in [4.69, 9.17) is 5.11 Å². The Morgan fingerprint density at radius 3 is 2.56 bits per heavy atom. The van der Waals surface area contributed by atoms with E-state index >= 15 is 0 Å². The smallest absolute Gasteiger partial charge is 0.335 e. The molecule has 1 saturated heterocycles. The number of nitrogens with zero attached hydrogens (tertiary/aromatic N) is 3. The molecule has 164 valence electrons. The number of aromatic nitrogens is 1. The van der Waals surface area contributed by atoms with Crippen molar-refractivity contribution in [3.8, 4) is 0 Å². The van der Waals surface area contributed by atoms with Crippen LogP contribution >= 0.6 is 11.3 Å². The summed E-state index contributed by atoms with van der Waals surface area (Å²) < 4.78 is 0. The van der Waals surface area contributed by atoms with Crippen molar-refractivity contribution in [1.82, 2.24) is 9.88 Å². The van der Waals surface area contributed by atoms with Gasteiger partial charge in [-0.05, 0) is 36.6 Å². The lowest BCUT2D eigenvalue weighted by Gasteiger charge is -2.17. The van der Waals surface area contributed by atoms with Crippen molar-refractivity contribution in [3.05, 3.63) is 81.9 Å². The molecule has 2 aromatic carbocycles. The van der Waals surface area contributed by atoms with Crippen LogP contribution in [0.15, 0.2) is 54.6 Å². The zero-order chi connectivity index (χ0) is 22.7. The molecule has 2 amide bonds. The summed E-state index contributed by atoms with van der Waals surface area (Å²) in [7, 11) is 0. The average molecular weight is 450 g/mol. The summed E-state index contributed by atoms with van der Waals surface area (Å²) in [5.41, 5.74) is 2.71. The first-order valence-electron chi connectivity index (χ1n) is 10.4. The van der Waals surface area contributed by atoms with Crippen LogP contribution in [0.5, 0.6) is 0 Å². The highest BCUT2D eigenvalue weighted by molar-refractivity contribution is 7.17. The first-order chi connectivity index (χ1) is 15.4. The number of aromatic carboxylic acids is 1. The highest BCUT2D eigenvalue weighted by Gasteiger charge is 2.32. The zero-order valence-corrected chi connectivity index (χ0v) is 18.5. The Bertz CT molecular complexity index is 1160. The van der Waals surface area contributed by atoms with Crippen molar-refractivity contribution in [1.29, 1.82) is 0 Å². The van der Waals surface area contributed by atoms with E-state index < -0.39 is 5.97 Å². The molecule has 1 aliphatic heterocycles.